The molecule has 3 rings (SSSR count). The minimum atomic E-state index is -0.0406. The quantitative estimate of drug-likeness (QED) is 0.824. The normalized spacial score (nSPS) is 16.8. The molecule has 0 bridgehead atoms. The molecule has 0 aromatic heterocycles. The summed E-state index contributed by atoms with van der Waals surface area (Å²) in [5, 5.41) is 12.5. The largest absolute Gasteiger partial charge is 0.508 e. The first-order chi connectivity index (χ1) is 13.0. The average Bonchev–Trinajstić information content (AvgIpc) is 2.69. The molecule has 1 saturated heterocycles. The number of rotatable bonds is 6. The summed E-state index contributed by atoms with van der Waals surface area (Å²) >= 11 is 0. The minimum Gasteiger partial charge on any atom is -0.508 e. The predicted molar refractivity (Wildman–Crippen MR) is 109 cm³/mol. The zero-order valence-electron chi connectivity index (χ0n) is 16.2. The van der Waals surface area contributed by atoms with Crippen molar-refractivity contribution in [3.63, 3.8) is 0 Å². The lowest BCUT2D eigenvalue weighted by Crippen LogP contribution is -2.48. The highest BCUT2D eigenvalue weighted by molar-refractivity contribution is 5.95. The topological polar surface area (TPSA) is 55.8 Å². The van der Waals surface area contributed by atoms with Gasteiger partial charge in [-0.15, -0.1) is 0 Å². The zero-order valence-corrected chi connectivity index (χ0v) is 16.2. The van der Waals surface area contributed by atoms with Crippen molar-refractivity contribution in [2.45, 2.75) is 19.4 Å². The maximum Gasteiger partial charge on any atom is 0.251 e. The Bertz CT molecular complexity index is 752. The number of piperazine rings is 1. The van der Waals surface area contributed by atoms with E-state index in [2.05, 4.69) is 29.1 Å². The summed E-state index contributed by atoms with van der Waals surface area (Å²) in [7, 11) is 2.16. The molecule has 2 aromatic rings. The van der Waals surface area contributed by atoms with Gasteiger partial charge in [-0.1, -0.05) is 24.3 Å². The number of nitrogens with one attached hydrogen (secondary N) is 1. The van der Waals surface area contributed by atoms with Gasteiger partial charge in [-0.05, 0) is 55.8 Å². The third-order valence-corrected chi connectivity index (χ3v) is 5.33. The molecule has 1 aliphatic heterocycles. The Kier molecular flexibility index (Phi) is 6.48. The van der Waals surface area contributed by atoms with Crippen molar-refractivity contribution >= 4 is 5.91 Å². The third kappa shape index (κ3) is 5.31. The minimum absolute atomic E-state index is 0.0406. The Morgan fingerprint density at radius 2 is 1.78 bits per heavy atom. The first-order valence-corrected chi connectivity index (χ1v) is 9.63. The van der Waals surface area contributed by atoms with Gasteiger partial charge < -0.3 is 15.3 Å². The molecule has 0 saturated carbocycles. The Morgan fingerprint density at radius 1 is 1.07 bits per heavy atom. The number of carbonyl (C=O) groups excluding carboxylic acids is 1. The molecule has 1 aliphatic rings. The molecule has 1 heterocycles. The Balaban J connectivity index is 1.52. The average molecular weight is 367 g/mol. The first-order valence-electron chi connectivity index (χ1n) is 9.63. The lowest BCUT2D eigenvalue weighted by Gasteiger charge is -2.36. The summed E-state index contributed by atoms with van der Waals surface area (Å²) in [6.07, 6.45) is 0.951. The Hall–Kier alpha value is -2.37. The van der Waals surface area contributed by atoms with Gasteiger partial charge in [-0.2, -0.15) is 0 Å². The van der Waals surface area contributed by atoms with E-state index in [9.17, 15) is 9.90 Å². The molecule has 2 aromatic carbocycles. The first kappa shape index (κ1) is 19.4. The molecule has 1 amide bonds. The van der Waals surface area contributed by atoms with Crippen LogP contribution < -0.4 is 5.32 Å². The van der Waals surface area contributed by atoms with Gasteiger partial charge >= 0.3 is 0 Å². The van der Waals surface area contributed by atoms with Crippen LogP contribution in [0.15, 0.2) is 48.5 Å². The van der Waals surface area contributed by atoms with Gasteiger partial charge in [-0.25, -0.2) is 0 Å². The van der Waals surface area contributed by atoms with Gasteiger partial charge in [0.25, 0.3) is 5.91 Å². The highest BCUT2D eigenvalue weighted by Gasteiger charge is 2.19. The standard InChI is InChI=1S/C22H29N3O2/c1-17(25-14-12-24(2)13-15-25)10-11-23-22(27)20-5-3-4-19(16-20)18-6-8-21(26)9-7-18/h3-9,16-17,26H,10-15H2,1-2H3,(H,23,27). The lowest BCUT2D eigenvalue weighted by atomic mass is 10.0. The molecule has 0 aliphatic carbocycles. The van der Waals surface area contributed by atoms with Crippen molar-refractivity contribution in [2.75, 3.05) is 39.8 Å². The van der Waals surface area contributed by atoms with Crippen molar-refractivity contribution in [1.29, 1.82) is 0 Å². The summed E-state index contributed by atoms with van der Waals surface area (Å²) in [5.74, 6) is 0.198. The number of benzene rings is 2. The molecule has 144 valence electrons. The van der Waals surface area contributed by atoms with Crippen LogP contribution in [0.3, 0.4) is 0 Å². The zero-order chi connectivity index (χ0) is 19.2. The molecule has 0 radical (unpaired) electrons. The van der Waals surface area contributed by atoms with E-state index >= 15 is 0 Å². The van der Waals surface area contributed by atoms with E-state index in [-0.39, 0.29) is 11.7 Å². The number of phenolic OH excluding ortho intramolecular Hbond substituents is 1. The van der Waals surface area contributed by atoms with Crippen LogP contribution in [0.5, 0.6) is 5.75 Å². The van der Waals surface area contributed by atoms with Crippen LogP contribution in [0.4, 0.5) is 0 Å². The molecular formula is C22H29N3O2. The SMILES string of the molecule is CC(CCNC(=O)c1cccc(-c2ccc(O)cc2)c1)N1CCN(C)CC1. The summed E-state index contributed by atoms with van der Waals surface area (Å²) in [5.41, 5.74) is 2.60. The Labute approximate surface area is 161 Å². The van der Waals surface area contributed by atoms with Gasteiger partial charge in [-0.3, -0.25) is 9.69 Å². The molecule has 27 heavy (non-hydrogen) atoms. The number of hydrogen-bond acceptors (Lipinski definition) is 4. The van der Waals surface area contributed by atoms with E-state index in [4.69, 9.17) is 0 Å². The second-order valence-electron chi connectivity index (χ2n) is 7.36. The number of nitrogens with zero attached hydrogens (tertiary/aromatic N) is 2. The predicted octanol–water partition coefficient (Wildman–Crippen LogP) is 2.82. The summed E-state index contributed by atoms with van der Waals surface area (Å²) in [6, 6.07) is 15.1. The second-order valence-corrected chi connectivity index (χ2v) is 7.36. The van der Waals surface area contributed by atoms with E-state index in [1.165, 1.54) is 0 Å². The van der Waals surface area contributed by atoms with Crippen LogP contribution in [0.2, 0.25) is 0 Å². The number of phenols is 1. The molecular weight excluding hydrogens is 338 g/mol. The van der Waals surface area contributed by atoms with Crippen molar-refractivity contribution in [1.82, 2.24) is 15.1 Å². The van der Waals surface area contributed by atoms with E-state index < -0.39 is 0 Å². The van der Waals surface area contributed by atoms with Crippen LogP contribution in [0.25, 0.3) is 11.1 Å². The van der Waals surface area contributed by atoms with Crippen LogP contribution in [-0.2, 0) is 0 Å². The second kappa shape index (κ2) is 9.02. The molecule has 0 spiro atoms. The Morgan fingerprint density at radius 3 is 2.48 bits per heavy atom. The number of hydrogen-bond donors (Lipinski definition) is 2. The van der Waals surface area contributed by atoms with Crippen LogP contribution in [-0.4, -0.2) is 66.6 Å². The monoisotopic (exact) mass is 367 g/mol. The number of likely N-dealkylation sites (N-methyl/N-ethyl adjacent to an activating group) is 1. The van der Waals surface area contributed by atoms with Gasteiger partial charge in [0, 0.05) is 44.3 Å². The maximum absolute atomic E-state index is 12.5. The molecule has 1 fully saturated rings. The molecule has 1 unspecified atom stereocenters. The smallest absolute Gasteiger partial charge is 0.251 e. The fraction of sp³-hybridized carbons (Fsp3) is 0.409. The van der Waals surface area contributed by atoms with Crippen molar-refractivity contribution in [2.24, 2.45) is 0 Å². The summed E-state index contributed by atoms with van der Waals surface area (Å²) in [6.45, 7) is 7.33. The number of amides is 1. The van der Waals surface area contributed by atoms with E-state index in [1.54, 1.807) is 12.1 Å². The van der Waals surface area contributed by atoms with Gasteiger partial charge in [0.15, 0.2) is 0 Å². The van der Waals surface area contributed by atoms with E-state index in [0.29, 0.717) is 18.2 Å². The molecule has 5 heteroatoms. The lowest BCUT2D eigenvalue weighted by molar-refractivity contribution is 0.0935. The fourth-order valence-corrected chi connectivity index (χ4v) is 3.44. The van der Waals surface area contributed by atoms with Crippen LogP contribution in [0, 0.1) is 0 Å². The number of carbonyl (C=O) groups is 1. The molecule has 5 nitrogen and oxygen atoms in total. The molecule has 1 atom stereocenters. The van der Waals surface area contributed by atoms with Crippen molar-refractivity contribution < 1.29 is 9.90 Å². The highest BCUT2D eigenvalue weighted by Crippen LogP contribution is 2.22. The van der Waals surface area contributed by atoms with Crippen molar-refractivity contribution in [3.05, 3.63) is 54.1 Å². The fourth-order valence-electron chi connectivity index (χ4n) is 3.44. The van der Waals surface area contributed by atoms with Gasteiger partial charge in [0.2, 0.25) is 0 Å². The van der Waals surface area contributed by atoms with Gasteiger partial charge in [0.05, 0.1) is 0 Å². The van der Waals surface area contributed by atoms with Crippen LogP contribution >= 0.6 is 0 Å². The number of aromatic hydroxyl groups is 1. The van der Waals surface area contributed by atoms with E-state index in [0.717, 1.165) is 43.7 Å². The summed E-state index contributed by atoms with van der Waals surface area (Å²) in [4.78, 5) is 17.4. The van der Waals surface area contributed by atoms with E-state index in [1.807, 2.05) is 36.4 Å². The van der Waals surface area contributed by atoms with Crippen LogP contribution in [0.1, 0.15) is 23.7 Å². The maximum atomic E-state index is 12.5. The molecule has 2 N–H and O–H groups in total. The van der Waals surface area contributed by atoms with Crippen molar-refractivity contribution in [3.8, 4) is 16.9 Å². The highest BCUT2D eigenvalue weighted by atomic mass is 16.3. The third-order valence-electron chi connectivity index (χ3n) is 5.33. The van der Waals surface area contributed by atoms with Gasteiger partial charge in [0.1, 0.15) is 5.75 Å². The summed E-state index contributed by atoms with van der Waals surface area (Å²) < 4.78 is 0.